The number of aryl methyl sites for hydroxylation is 1. The molecule has 2 aromatic rings. The number of hydrogen-bond acceptors (Lipinski definition) is 3. The summed E-state index contributed by atoms with van der Waals surface area (Å²) in [4.78, 5) is 16.2. The number of benzene rings is 2. The topological polar surface area (TPSA) is 47.3 Å². The van der Waals surface area contributed by atoms with E-state index in [1.807, 2.05) is 42.2 Å². The maximum atomic E-state index is 14.1. The number of anilines is 1. The molecule has 1 saturated heterocycles. The highest BCUT2D eigenvalue weighted by Crippen LogP contribution is 2.22. The summed E-state index contributed by atoms with van der Waals surface area (Å²) >= 11 is 0. The molecule has 122 valence electrons. The third kappa shape index (κ3) is 3.23. The van der Waals surface area contributed by atoms with Crippen molar-refractivity contribution in [2.45, 2.75) is 6.92 Å². The first-order chi connectivity index (χ1) is 11.6. The molecule has 1 aliphatic rings. The van der Waals surface area contributed by atoms with Gasteiger partial charge >= 0.3 is 0 Å². The van der Waals surface area contributed by atoms with Gasteiger partial charge in [-0.1, -0.05) is 17.7 Å². The minimum Gasteiger partial charge on any atom is -0.366 e. The summed E-state index contributed by atoms with van der Waals surface area (Å²) in [7, 11) is 0. The molecule has 24 heavy (non-hydrogen) atoms. The maximum Gasteiger partial charge on any atom is 0.253 e. The van der Waals surface area contributed by atoms with Crippen molar-refractivity contribution in [3.05, 3.63) is 65.0 Å². The van der Waals surface area contributed by atoms with Crippen LogP contribution in [0.2, 0.25) is 0 Å². The van der Waals surface area contributed by atoms with E-state index < -0.39 is 5.82 Å². The van der Waals surface area contributed by atoms with Crippen LogP contribution in [0.25, 0.3) is 0 Å². The van der Waals surface area contributed by atoms with Crippen molar-refractivity contribution in [2.24, 2.45) is 0 Å². The van der Waals surface area contributed by atoms with E-state index in [9.17, 15) is 9.18 Å². The fourth-order valence-electron chi connectivity index (χ4n) is 2.86. The van der Waals surface area contributed by atoms with Gasteiger partial charge in [-0.05, 0) is 37.3 Å². The molecule has 0 aliphatic carbocycles. The Morgan fingerprint density at radius 2 is 1.75 bits per heavy atom. The normalized spacial score (nSPS) is 14.4. The molecule has 1 amide bonds. The lowest BCUT2D eigenvalue weighted by Gasteiger charge is -2.36. The zero-order valence-corrected chi connectivity index (χ0v) is 13.5. The molecule has 5 heteroatoms. The lowest BCUT2D eigenvalue weighted by Crippen LogP contribution is -2.49. The molecule has 0 saturated carbocycles. The Kier molecular flexibility index (Phi) is 4.48. The van der Waals surface area contributed by atoms with E-state index in [0.29, 0.717) is 43.0 Å². The van der Waals surface area contributed by atoms with Crippen LogP contribution < -0.4 is 4.90 Å². The summed E-state index contributed by atoms with van der Waals surface area (Å²) in [6.07, 6.45) is 0. The van der Waals surface area contributed by atoms with Gasteiger partial charge in [0, 0.05) is 31.7 Å². The van der Waals surface area contributed by atoms with Crippen LogP contribution in [0.1, 0.15) is 21.5 Å². The van der Waals surface area contributed by atoms with Crippen molar-refractivity contribution in [3.63, 3.8) is 0 Å². The quantitative estimate of drug-likeness (QED) is 0.853. The van der Waals surface area contributed by atoms with Crippen molar-refractivity contribution in [1.29, 1.82) is 5.26 Å². The number of piperazine rings is 1. The molecule has 0 atom stereocenters. The van der Waals surface area contributed by atoms with Crippen LogP contribution in [-0.2, 0) is 0 Å². The molecule has 2 aromatic carbocycles. The number of hydrogen-bond donors (Lipinski definition) is 0. The Balaban J connectivity index is 1.66. The van der Waals surface area contributed by atoms with Crippen LogP contribution >= 0.6 is 0 Å². The average molecular weight is 323 g/mol. The number of nitrogens with zero attached hydrogens (tertiary/aromatic N) is 3. The molecule has 4 nitrogen and oxygen atoms in total. The van der Waals surface area contributed by atoms with Gasteiger partial charge in [0.05, 0.1) is 17.3 Å². The number of nitriles is 1. The Morgan fingerprint density at radius 3 is 2.33 bits per heavy atom. The van der Waals surface area contributed by atoms with Gasteiger partial charge in [-0.15, -0.1) is 0 Å². The fourth-order valence-corrected chi connectivity index (χ4v) is 2.86. The largest absolute Gasteiger partial charge is 0.366 e. The van der Waals surface area contributed by atoms with Crippen LogP contribution in [0.15, 0.2) is 42.5 Å². The van der Waals surface area contributed by atoms with E-state index in [1.165, 1.54) is 6.07 Å². The summed E-state index contributed by atoms with van der Waals surface area (Å²) in [6.45, 7) is 4.22. The van der Waals surface area contributed by atoms with Crippen LogP contribution in [0, 0.1) is 24.1 Å². The second-order valence-corrected chi connectivity index (χ2v) is 5.92. The van der Waals surface area contributed by atoms with Crippen LogP contribution in [0.5, 0.6) is 0 Å². The highest BCUT2D eigenvalue weighted by molar-refractivity contribution is 5.94. The molecular weight excluding hydrogens is 305 g/mol. The first-order valence-electron chi connectivity index (χ1n) is 7.89. The lowest BCUT2D eigenvalue weighted by atomic mass is 10.1. The molecule has 0 N–H and O–H groups in total. The predicted octanol–water partition coefficient (Wildman–Crippen LogP) is 2.97. The summed E-state index contributed by atoms with van der Waals surface area (Å²) in [6, 6.07) is 14.0. The van der Waals surface area contributed by atoms with E-state index in [0.717, 1.165) is 5.56 Å². The number of rotatable bonds is 2. The number of halogens is 1. The Morgan fingerprint density at radius 1 is 1.08 bits per heavy atom. The molecule has 3 rings (SSSR count). The second kappa shape index (κ2) is 6.71. The molecular formula is C19H18FN3O. The molecule has 0 spiro atoms. The Bertz CT molecular complexity index is 787. The number of carbonyl (C=O) groups excluding carboxylic acids is 1. The minimum absolute atomic E-state index is 0.00921. The van der Waals surface area contributed by atoms with E-state index in [1.54, 1.807) is 17.0 Å². The third-order valence-electron chi connectivity index (χ3n) is 4.28. The van der Waals surface area contributed by atoms with Gasteiger partial charge in [0.2, 0.25) is 0 Å². The zero-order valence-electron chi connectivity index (χ0n) is 13.5. The first-order valence-corrected chi connectivity index (χ1v) is 7.89. The van der Waals surface area contributed by atoms with Crippen molar-refractivity contribution in [3.8, 4) is 6.07 Å². The summed E-state index contributed by atoms with van der Waals surface area (Å²) < 4.78 is 14.1. The van der Waals surface area contributed by atoms with Gasteiger partial charge in [0.25, 0.3) is 5.91 Å². The highest BCUT2D eigenvalue weighted by Gasteiger charge is 2.23. The van der Waals surface area contributed by atoms with E-state index in [4.69, 9.17) is 5.26 Å². The Labute approximate surface area is 140 Å². The first kappa shape index (κ1) is 16.0. The molecule has 1 heterocycles. The Hall–Kier alpha value is -2.87. The number of amides is 1. The maximum absolute atomic E-state index is 14.1. The van der Waals surface area contributed by atoms with E-state index in [-0.39, 0.29) is 5.91 Å². The number of carbonyl (C=O) groups is 1. The molecule has 0 radical (unpaired) electrons. The second-order valence-electron chi connectivity index (χ2n) is 5.92. The molecule has 1 aliphatic heterocycles. The smallest absolute Gasteiger partial charge is 0.253 e. The standard InChI is InChI=1S/C19H18FN3O/c1-14-2-5-16(6-3-14)19(24)23-10-8-22(9-11-23)18-7-4-15(13-21)12-17(18)20/h2-7,12H,8-11H2,1H3. The fraction of sp³-hybridized carbons (Fsp3) is 0.263. The van der Waals surface area contributed by atoms with Crippen molar-refractivity contribution >= 4 is 11.6 Å². The van der Waals surface area contributed by atoms with Crippen LogP contribution in [0.3, 0.4) is 0 Å². The monoisotopic (exact) mass is 323 g/mol. The van der Waals surface area contributed by atoms with Crippen molar-refractivity contribution in [1.82, 2.24) is 4.90 Å². The SMILES string of the molecule is Cc1ccc(C(=O)N2CCN(c3ccc(C#N)cc3F)CC2)cc1. The van der Waals surface area contributed by atoms with Gasteiger partial charge in [-0.25, -0.2) is 4.39 Å². The van der Waals surface area contributed by atoms with Crippen LogP contribution in [0.4, 0.5) is 10.1 Å². The van der Waals surface area contributed by atoms with Gasteiger partial charge in [0.15, 0.2) is 0 Å². The molecule has 0 bridgehead atoms. The third-order valence-corrected chi connectivity index (χ3v) is 4.28. The highest BCUT2D eigenvalue weighted by atomic mass is 19.1. The summed E-state index contributed by atoms with van der Waals surface area (Å²) in [5.41, 5.74) is 2.59. The molecule has 0 aromatic heterocycles. The average Bonchev–Trinajstić information content (AvgIpc) is 2.62. The predicted molar refractivity (Wildman–Crippen MR) is 90.4 cm³/mol. The zero-order chi connectivity index (χ0) is 17.1. The van der Waals surface area contributed by atoms with Gasteiger partial charge in [-0.2, -0.15) is 5.26 Å². The van der Waals surface area contributed by atoms with E-state index in [2.05, 4.69) is 0 Å². The minimum atomic E-state index is -0.396. The van der Waals surface area contributed by atoms with Crippen LogP contribution in [-0.4, -0.2) is 37.0 Å². The summed E-state index contributed by atoms with van der Waals surface area (Å²) in [5.74, 6) is -0.387. The molecule has 1 fully saturated rings. The summed E-state index contributed by atoms with van der Waals surface area (Å²) in [5, 5.41) is 8.81. The van der Waals surface area contributed by atoms with Crippen molar-refractivity contribution < 1.29 is 9.18 Å². The van der Waals surface area contributed by atoms with Gasteiger partial charge in [-0.3, -0.25) is 4.79 Å². The lowest BCUT2D eigenvalue weighted by molar-refractivity contribution is 0.0746. The van der Waals surface area contributed by atoms with E-state index >= 15 is 0 Å². The molecule has 0 unspecified atom stereocenters. The van der Waals surface area contributed by atoms with Gasteiger partial charge < -0.3 is 9.80 Å². The van der Waals surface area contributed by atoms with Crippen molar-refractivity contribution in [2.75, 3.05) is 31.1 Å². The van der Waals surface area contributed by atoms with Gasteiger partial charge in [0.1, 0.15) is 5.82 Å².